The molecule has 4 bridgehead atoms. The molecule has 0 unspecified atom stereocenters. The summed E-state index contributed by atoms with van der Waals surface area (Å²) in [5, 5.41) is 7.72. The SMILES string of the molecule is c1ccc2c(-c3ccc(N(c4ccc(-c5c6c(cc7c5C5CCC7CC5)C5CCC6CC5)cc4)c4ccc(-c5cc6ccccc6c6ccccc56)cc4)cc3)cccc2c1. The zero-order valence-corrected chi connectivity index (χ0v) is 34.7. The van der Waals surface area contributed by atoms with Gasteiger partial charge in [-0.05, 0) is 205 Å². The largest absolute Gasteiger partial charge is 0.311 e. The molecule has 0 saturated heterocycles. The number of rotatable bonds is 6. The lowest BCUT2D eigenvalue weighted by molar-refractivity contribution is 0.342. The number of nitrogens with zero attached hydrogens (tertiary/aromatic N) is 1. The Morgan fingerprint density at radius 3 is 1.34 bits per heavy atom. The highest BCUT2D eigenvalue weighted by Gasteiger charge is 2.41. The maximum atomic E-state index is 2.74. The highest BCUT2D eigenvalue weighted by Crippen LogP contribution is 2.60. The van der Waals surface area contributed by atoms with Crippen molar-refractivity contribution in [2.75, 3.05) is 4.90 Å². The van der Waals surface area contributed by atoms with Gasteiger partial charge in [-0.15, -0.1) is 0 Å². The van der Waals surface area contributed by atoms with Gasteiger partial charge in [0.15, 0.2) is 0 Å². The van der Waals surface area contributed by atoms with E-state index in [9.17, 15) is 0 Å². The molecule has 0 atom stereocenters. The van der Waals surface area contributed by atoms with Crippen LogP contribution < -0.4 is 4.90 Å². The normalized spacial score (nSPS) is 19.9. The van der Waals surface area contributed by atoms with Crippen molar-refractivity contribution < 1.29 is 0 Å². The van der Waals surface area contributed by atoms with Crippen molar-refractivity contribution in [3.05, 3.63) is 198 Å². The predicted molar refractivity (Wildman–Crippen MR) is 258 cm³/mol. The number of anilines is 3. The van der Waals surface area contributed by atoms with Gasteiger partial charge >= 0.3 is 0 Å². The third-order valence-corrected chi connectivity index (χ3v) is 15.5. The van der Waals surface area contributed by atoms with Crippen LogP contribution in [-0.2, 0) is 0 Å². The van der Waals surface area contributed by atoms with E-state index in [0.717, 1.165) is 35.0 Å². The second-order valence-corrected chi connectivity index (χ2v) is 18.5. The van der Waals surface area contributed by atoms with Gasteiger partial charge in [-0.3, -0.25) is 0 Å². The van der Waals surface area contributed by atoms with Crippen molar-refractivity contribution >= 4 is 49.4 Å². The lowest BCUT2D eigenvalue weighted by Gasteiger charge is -2.46. The fourth-order valence-electron chi connectivity index (χ4n) is 12.6. The number of hydrogen-bond donors (Lipinski definition) is 0. The first-order valence-corrected chi connectivity index (χ1v) is 22.9. The van der Waals surface area contributed by atoms with Crippen molar-refractivity contribution in [3.63, 3.8) is 0 Å². The summed E-state index contributed by atoms with van der Waals surface area (Å²) in [6.45, 7) is 0. The number of fused-ring (bicyclic) bond motifs is 8. The Morgan fingerprint density at radius 2 is 0.754 bits per heavy atom. The van der Waals surface area contributed by atoms with Gasteiger partial charge < -0.3 is 4.90 Å². The van der Waals surface area contributed by atoms with E-state index in [0.29, 0.717) is 0 Å². The van der Waals surface area contributed by atoms with Crippen molar-refractivity contribution in [1.82, 2.24) is 0 Å². The molecular formula is C60H49N. The maximum absolute atomic E-state index is 2.74. The van der Waals surface area contributed by atoms with Crippen LogP contribution in [0.25, 0.3) is 65.7 Å². The smallest absolute Gasteiger partial charge is 0.0462 e. The molecule has 1 nitrogen and oxygen atoms in total. The second kappa shape index (κ2) is 14.1. The van der Waals surface area contributed by atoms with E-state index in [4.69, 9.17) is 0 Å². The molecular weight excluding hydrogens is 735 g/mol. The van der Waals surface area contributed by atoms with Crippen LogP contribution in [0.3, 0.4) is 0 Å². The highest BCUT2D eigenvalue weighted by molar-refractivity contribution is 6.13. The summed E-state index contributed by atoms with van der Waals surface area (Å²) < 4.78 is 0. The molecule has 2 saturated carbocycles. The van der Waals surface area contributed by atoms with Crippen LogP contribution in [0.4, 0.5) is 17.1 Å². The Morgan fingerprint density at radius 1 is 0.311 bits per heavy atom. The molecule has 6 aliphatic rings. The Labute approximate surface area is 359 Å². The summed E-state index contributed by atoms with van der Waals surface area (Å²) >= 11 is 0. The van der Waals surface area contributed by atoms with Crippen LogP contribution in [0.2, 0.25) is 0 Å². The quantitative estimate of drug-likeness (QED) is 0.152. The first kappa shape index (κ1) is 35.3. The molecule has 0 amide bonds. The van der Waals surface area contributed by atoms with E-state index < -0.39 is 0 Å². The average Bonchev–Trinajstić information content (AvgIpc) is 3.34. The average molecular weight is 784 g/mol. The molecule has 0 aliphatic heterocycles. The molecule has 1 heteroatoms. The van der Waals surface area contributed by atoms with E-state index in [1.54, 1.807) is 27.8 Å². The molecule has 0 heterocycles. The standard InChI is InChI=1S/C60H49N/c1-3-11-50-38(8-1)10-7-15-51(50)39-24-30-47(31-25-39)61(48-32-26-40(27-33-48)55-36-46-9-2-4-12-52(46)53-13-5-6-14-54(53)55)49-34-28-45(29-35-49)60-58-43-20-16-41(17-21-43)56(58)37-57-42-18-22-44(23-19-42)59(57)60/h1-15,24-37,41-44H,16-23H2. The summed E-state index contributed by atoms with van der Waals surface area (Å²) in [5.74, 6) is 2.95. The molecule has 0 radical (unpaired) electrons. The monoisotopic (exact) mass is 783 g/mol. The van der Waals surface area contributed by atoms with E-state index in [-0.39, 0.29) is 0 Å². The van der Waals surface area contributed by atoms with Crippen molar-refractivity contribution in [2.24, 2.45) is 0 Å². The van der Waals surface area contributed by atoms with Crippen LogP contribution in [0.15, 0.2) is 176 Å². The van der Waals surface area contributed by atoms with Crippen LogP contribution in [0.5, 0.6) is 0 Å². The molecule has 61 heavy (non-hydrogen) atoms. The van der Waals surface area contributed by atoms with Gasteiger partial charge in [0.2, 0.25) is 0 Å². The first-order valence-electron chi connectivity index (χ1n) is 22.9. The second-order valence-electron chi connectivity index (χ2n) is 18.5. The Kier molecular flexibility index (Phi) is 8.15. The summed E-state index contributed by atoms with van der Waals surface area (Å²) in [5.41, 5.74) is 18.5. The molecule has 0 N–H and O–H groups in total. The summed E-state index contributed by atoms with van der Waals surface area (Å²) in [6.07, 6.45) is 11.0. The first-order chi connectivity index (χ1) is 30.2. The maximum Gasteiger partial charge on any atom is 0.0462 e. The summed E-state index contributed by atoms with van der Waals surface area (Å²) in [4.78, 5) is 2.46. The van der Waals surface area contributed by atoms with Crippen molar-refractivity contribution in [2.45, 2.75) is 75.0 Å². The van der Waals surface area contributed by atoms with Crippen LogP contribution >= 0.6 is 0 Å². The fourth-order valence-corrected chi connectivity index (χ4v) is 12.6. The molecule has 15 rings (SSSR count). The predicted octanol–water partition coefficient (Wildman–Crippen LogP) is 17.1. The van der Waals surface area contributed by atoms with E-state index in [2.05, 4.69) is 181 Å². The minimum atomic E-state index is 0.718. The lowest BCUT2D eigenvalue weighted by atomic mass is 9.59. The van der Waals surface area contributed by atoms with Gasteiger partial charge in [-0.25, -0.2) is 0 Å². The molecule has 0 spiro atoms. The fraction of sp³-hybridized carbons (Fsp3) is 0.200. The Bertz CT molecular complexity index is 3090. The van der Waals surface area contributed by atoms with Gasteiger partial charge in [0.25, 0.3) is 0 Å². The molecule has 294 valence electrons. The topological polar surface area (TPSA) is 3.24 Å². The van der Waals surface area contributed by atoms with Gasteiger partial charge in [0.05, 0.1) is 0 Å². The summed E-state index contributed by atoms with van der Waals surface area (Å²) in [6, 6.07) is 66.4. The minimum Gasteiger partial charge on any atom is -0.311 e. The third-order valence-electron chi connectivity index (χ3n) is 15.5. The highest BCUT2D eigenvalue weighted by atomic mass is 15.1. The molecule has 0 aromatic heterocycles. The number of benzene rings is 9. The van der Waals surface area contributed by atoms with E-state index >= 15 is 0 Å². The zero-order valence-electron chi connectivity index (χ0n) is 34.7. The molecule has 2 fully saturated rings. The Balaban J connectivity index is 0.936. The van der Waals surface area contributed by atoms with Crippen LogP contribution in [-0.4, -0.2) is 0 Å². The van der Waals surface area contributed by atoms with Crippen molar-refractivity contribution in [3.8, 4) is 33.4 Å². The summed E-state index contributed by atoms with van der Waals surface area (Å²) in [7, 11) is 0. The van der Waals surface area contributed by atoms with E-state index in [1.165, 1.54) is 117 Å². The minimum absolute atomic E-state index is 0.718. The van der Waals surface area contributed by atoms with Crippen LogP contribution in [0.1, 0.15) is 97.3 Å². The Hall–Kier alpha value is -6.44. The lowest BCUT2D eigenvalue weighted by Crippen LogP contribution is -2.28. The van der Waals surface area contributed by atoms with Gasteiger partial charge in [-0.2, -0.15) is 0 Å². The van der Waals surface area contributed by atoms with E-state index in [1.807, 2.05) is 0 Å². The third kappa shape index (κ3) is 5.66. The van der Waals surface area contributed by atoms with Gasteiger partial charge in [0.1, 0.15) is 0 Å². The van der Waals surface area contributed by atoms with Gasteiger partial charge in [0, 0.05) is 17.1 Å². The van der Waals surface area contributed by atoms with Crippen molar-refractivity contribution in [1.29, 1.82) is 0 Å². The van der Waals surface area contributed by atoms with Crippen LogP contribution in [0, 0.1) is 0 Å². The zero-order chi connectivity index (χ0) is 40.0. The van der Waals surface area contributed by atoms with Gasteiger partial charge in [-0.1, -0.05) is 133 Å². The molecule has 6 aliphatic carbocycles. The number of hydrogen-bond acceptors (Lipinski definition) is 1. The molecule has 9 aromatic rings. The molecule has 9 aromatic carbocycles.